The molecular weight excluding hydrogens is 142 g/mol. The van der Waals surface area contributed by atoms with Crippen molar-refractivity contribution in [2.75, 3.05) is 0 Å². The van der Waals surface area contributed by atoms with Gasteiger partial charge < -0.3 is 0 Å². The van der Waals surface area contributed by atoms with Gasteiger partial charge in [0.2, 0.25) is 0 Å². The van der Waals surface area contributed by atoms with Crippen molar-refractivity contribution in [3.05, 3.63) is 0 Å². The van der Waals surface area contributed by atoms with Crippen molar-refractivity contribution < 1.29 is 9.41 Å². The van der Waals surface area contributed by atoms with E-state index in [0.29, 0.717) is 0 Å². The Kier molecular flexibility index (Phi) is 139. The van der Waals surface area contributed by atoms with E-state index in [1.807, 2.05) is 20.9 Å². The van der Waals surface area contributed by atoms with Gasteiger partial charge in [-0.05, 0) is 0 Å². The molecule has 0 saturated carbocycles. The molecule has 0 unspecified atom stereocenters. The van der Waals surface area contributed by atoms with Gasteiger partial charge in [-0.2, -0.15) is 0 Å². The van der Waals surface area contributed by atoms with E-state index in [-0.39, 0.29) is 9.41 Å². The minimum Gasteiger partial charge on any atom is -0.269 e. The first-order valence-electron chi connectivity index (χ1n) is 3.46. The van der Waals surface area contributed by atoms with Crippen molar-refractivity contribution in [3.63, 3.8) is 0 Å². The lowest BCUT2D eigenvalue weighted by Crippen LogP contribution is -1.84. The first kappa shape index (κ1) is 30.5. The fourth-order valence-electron chi connectivity index (χ4n) is 0. The first-order chi connectivity index (χ1) is 4.15. The molecule has 0 spiro atoms. The average molecular weight is 163 g/mol. The number of rotatable bonds is 0. The quantitative estimate of drug-likeness (QED) is 0.481. The molecule has 0 fully saturated rings. The molecule has 0 bridgehead atoms. The van der Waals surface area contributed by atoms with E-state index >= 15 is 0 Å². The number of hydrogen-bond donors (Lipinski definition) is 0. The minimum atomic E-state index is 0. The van der Waals surface area contributed by atoms with Crippen LogP contribution in [0, 0.1) is 0 Å². The third-order valence-electron chi connectivity index (χ3n) is 0. The fraction of sp³-hybridized carbons (Fsp3) is 1.00. The molecule has 0 aliphatic heterocycles. The molecule has 0 heterocycles. The highest BCUT2D eigenvalue weighted by atomic mass is 19.0. The Morgan fingerprint density at radius 3 is 0.909 bits per heavy atom. The zero-order chi connectivity index (χ0) is 8.28. The van der Waals surface area contributed by atoms with Crippen LogP contribution in [-0.4, -0.2) is 21.8 Å². The summed E-state index contributed by atoms with van der Waals surface area (Å²) >= 11 is 0. The van der Waals surface area contributed by atoms with E-state index in [9.17, 15) is 0 Å². The summed E-state index contributed by atoms with van der Waals surface area (Å²) in [6.07, 6.45) is 0. The highest BCUT2D eigenvalue weighted by Crippen LogP contribution is 1.68. The van der Waals surface area contributed by atoms with E-state index in [0.717, 1.165) is 6.71 Å². The smallest absolute Gasteiger partial charge is 0.130 e. The molecule has 0 nitrogen and oxygen atoms in total. The third-order valence-corrected chi connectivity index (χ3v) is 0. The van der Waals surface area contributed by atoms with Crippen LogP contribution in [0.3, 0.4) is 0 Å². The first-order valence-corrected chi connectivity index (χ1v) is 3.46. The Balaban J connectivity index is -0.0000000158. The monoisotopic (exact) mass is 163 g/mol. The van der Waals surface area contributed by atoms with Gasteiger partial charge in [0.15, 0.2) is 0 Å². The molecule has 0 aromatic rings. The van der Waals surface area contributed by atoms with E-state index in [1.54, 1.807) is 0 Å². The van der Waals surface area contributed by atoms with Crippen LogP contribution in [-0.2, 0) is 0 Å². The van der Waals surface area contributed by atoms with Gasteiger partial charge in [-0.25, -0.2) is 0 Å². The molecule has 67 valence electrons. The topological polar surface area (TPSA) is 0 Å². The zero-order valence-corrected chi connectivity index (χ0v) is 8.55. The van der Waals surface area contributed by atoms with Crippen LogP contribution in [0.1, 0.15) is 0 Å². The van der Waals surface area contributed by atoms with E-state index in [1.165, 1.54) is 6.82 Å². The van der Waals surface area contributed by atoms with Crippen LogP contribution in [0.4, 0.5) is 9.41 Å². The van der Waals surface area contributed by atoms with Crippen LogP contribution >= 0.6 is 0 Å². The second-order valence-electron chi connectivity index (χ2n) is 2.31. The third kappa shape index (κ3) is 217000. The normalized spacial score (nSPS) is 4.18. The van der Waals surface area contributed by atoms with Crippen LogP contribution in [0.25, 0.3) is 0 Å². The summed E-state index contributed by atoms with van der Waals surface area (Å²) in [5.41, 5.74) is 0. The predicted molar refractivity (Wildman–Crippen MR) is 57.5 cm³/mol. The van der Waals surface area contributed by atoms with E-state index < -0.39 is 0 Å². The predicted octanol–water partition coefficient (Wildman–Crippen LogP) is 2.67. The Bertz CT molecular complexity index is 27.0. The molecule has 0 aromatic heterocycles. The lowest BCUT2D eigenvalue weighted by Gasteiger charge is -1.71. The van der Waals surface area contributed by atoms with Gasteiger partial charge in [-0.3, -0.25) is 9.41 Å². The standard InChI is InChI=1S/C3H9B.C2H6B.CH3B.2FH/c1-4(2)3;1-3-2;1-2;;/h1-3H3;1-2H3;1H3;2*1H. The van der Waals surface area contributed by atoms with E-state index in [4.69, 9.17) is 0 Å². The Morgan fingerprint density at radius 2 is 0.909 bits per heavy atom. The maximum absolute atomic E-state index is 4.50. The van der Waals surface area contributed by atoms with Crippen molar-refractivity contribution in [1.82, 2.24) is 0 Å². The van der Waals surface area contributed by atoms with Crippen LogP contribution < -0.4 is 0 Å². The fourth-order valence-corrected chi connectivity index (χ4v) is 0. The van der Waals surface area contributed by atoms with Crippen molar-refractivity contribution in [3.8, 4) is 0 Å². The van der Waals surface area contributed by atoms with Crippen molar-refractivity contribution in [2.24, 2.45) is 0 Å². The summed E-state index contributed by atoms with van der Waals surface area (Å²) in [6.45, 7) is 12.8. The van der Waals surface area contributed by atoms with E-state index in [2.05, 4.69) is 28.3 Å². The molecular formula is C6H20B3F2. The molecule has 0 atom stereocenters. The molecule has 0 saturated heterocycles. The lowest BCUT2D eigenvalue weighted by atomic mass is 9.58. The molecule has 0 aromatic carbocycles. The number of halogens is 2. The molecule has 0 N–H and O–H groups in total. The molecule has 3 radical (unpaired) electrons. The molecule has 0 aliphatic rings. The maximum atomic E-state index is 4.50. The van der Waals surface area contributed by atoms with Crippen LogP contribution in [0.5, 0.6) is 0 Å². The summed E-state index contributed by atoms with van der Waals surface area (Å²) in [5, 5.41) is 0. The summed E-state index contributed by atoms with van der Waals surface area (Å²) in [7, 11) is 6.50. The summed E-state index contributed by atoms with van der Waals surface area (Å²) in [5.74, 6) is 0. The lowest BCUT2D eigenvalue weighted by molar-refractivity contribution is 1.11. The second kappa shape index (κ2) is 50.1. The zero-order valence-electron chi connectivity index (χ0n) is 8.55. The molecule has 0 rings (SSSR count). The number of hydrogen-bond acceptors (Lipinski definition) is 0. The molecule has 0 aliphatic carbocycles. The van der Waals surface area contributed by atoms with Gasteiger partial charge in [0.05, 0.1) is 7.85 Å². The van der Waals surface area contributed by atoms with Crippen molar-refractivity contribution >= 4 is 21.8 Å². The molecule has 5 heteroatoms. The Morgan fingerprint density at radius 1 is 0.909 bits per heavy atom. The SMILES string of the molecule is CB(C)C.C[B]C.F.F.[B]C. The Hall–Kier alpha value is 0.0548. The second-order valence-corrected chi connectivity index (χ2v) is 2.31. The van der Waals surface area contributed by atoms with Crippen LogP contribution in [0.15, 0.2) is 0 Å². The average Bonchev–Trinajstić information content (AvgIpc) is 1.71. The molecule has 0 amide bonds. The Labute approximate surface area is 73.0 Å². The highest BCUT2D eigenvalue weighted by molar-refractivity contribution is 6.54. The minimum absolute atomic E-state index is 0. The summed E-state index contributed by atoms with van der Waals surface area (Å²) in [6, 6.07) is 0. The van der Waals surface area contributed by atoms with Gasteiger partial charge in [-0.1, -0.05) is 40.9 Å². The van der Waals surface area contributed by atoms with Crippen LogP contribution in [0.2, 0.25) is 40.9 Å². The molecule has 11 heavy (non-hydrogen) atoms. The highest BCUT2D eigenvalue weighted by Gasteiger charge is 1.76. The van der Waals surface area contributed by atoms with Gasteiger partial charge in [0, 0.05) is 0 Å². The van der Waals surface area contributed by atoms with Crippen molar-refractivity contribution in [2.45, 2.75) is 40.9 Å². The van der Waals surface area contributed by atoms with Gasteiger partial charge in [-0.15, -0.1) is 0 Å². The van der Waals surface area contributed by atoms with Gasteiger partial charge in [0.25, 0.3) is 0 Å². The van der Waals surface area contributed by atoms with Gasteiger partial charge >= 0.3 is 0 Å². The summed E-state index contributed by atoms with van der Waals surface area (Å²) in [4.78, 5) is 0. The van der Waals surface area contributed by atoms with Gasteiger partial charge in [0.1, 0.15) is 14.0 Å². The summed E-state index contributed by atoms with van der Waals surface area (Å²) < 4.78 is 0. The largest absolute Gasteiger partial charge is 0.269 e. The van der Waals surface area contributed by atoms with Crippen molar-refractivity contribution in [1.29, 1.82) is 0 Å². The maximum Gasteiger partial charge on any atom is 0.130 e.